The van der Waals surface area contributed by atoms with Crippen molar-refractivity contribution in [3.8, 4) is 5.75 Å². The number of amides is 2. The second-order valence-corrected chi connectivity index (χ2v) is 12.0. The van der Waals surface area contributed by atoms with E-state index in [2.05, 4.69) is 15.1 Å². The number of likely N-dealkylation sites (tertiary alicyclic amines) is 1. The molecule has 1 saturated carbocycles. The van der Waals surface area contributed by atoms with Gasteiger partial charge in [0.2, 0.25) is 5.43 Å². The van der Waals surface area contributed by atoms with Crippen molar-refractivity contribution in [1.29, 1.82) is 0 Å². The van der Waals surface area contributed by atoms with Crippen LogP contribution in [-0.2, 0) is 17.9 Å². The number of pyridine rings is 1. The number of aliphatic carboxylic acids is 1. The summed E-state index contributed by atoms with van der Waals surface area (Å²) in [5, 5.41) is 23.5. The maximum absolute atomic E-state index is 14.1. The molecule has 230 valence electrons. The standard InChI is InChI=1S/C30H35F2N5O6/c31-19-7-6-17(22(32)12-19)13-33-28(40)21-15-36-16-23-35(11-10-34-8-1-2-9-34)14-18-4-3-5-20(30(42)43)24(18)37(23)29(41)25(36)27(39)26(21)38/h6-7,12,15,18,20,23-24,39H,1-5,8-11,13-14,16H2,(H,33,40)(H,42,43)/t18-,20?,23-,24-/m0/s1. The molecular weight excluding hydrogens is 564 g/mol. The first kappa shape index (κ1) is 29.2. The molecule has 13 heteroatoms. The average Bonchev–Trinajstić information content (AvgIpc) is 3.50. The Kier molecular flexibility index (Phi) is 7.94. The number of hydrogen-bond acceptors (Lipinski definition) is 7. The van der Waals surface area contributed by atoms with Crippen LogP contribution in [0.4, 0.5) is 8.78 Å². The van der Waals surface area contributed by atoms with Gasteiger partial charge in [0.15, 0.2) is 11.4 Å². The molecule has 4 aliphatic rings. The van der Waals surface area contributed by atoms with Gasteiger partial charge in [-0.15, -0.1) is 0 Å². The second kappa shape index (κ2) is 11.7. The molecule has 6 rings (SSSR count). The van der Waals surface area contributed by atoms with Crippen molar-refractivity contribution in [2.24, 2.45) is 11.8 Å². The van der Waals surface area contributed by atoms with Gasteiger partial charge < -0.3 is 29.9 Å². The van der Waals surface area contributed by atoms with Gasteiger partial charge >= 0.3 is 5.97 Å². The van der Waals surface area contributed by atoms with Gasteiger partial charge in [0.25, 0.3) is 11.8 Å². The van der Waals surface area contributed by atoms with E-state index in [-0.39, 0.29) is 30.3 Å². The second-order valence-electron chi connectivity index (χ2n) is 12.0. The third-order valence-corrected chi connectivity index (χ3v) is 9.49. The van der Waals surface area contributed by atoms with Crippen molar-refractivity contribution in [3.63, 3.8) is 0 Å². The Morgan fingerprint density at radius 1 is 1.02 bits per heavy atom. The summed E-state index contributed by atoms with van der Waals surface area (Å²) in [5.41, 5.74) is -1.76. The number of carbonyl (C=O) groups is 3. The van der Waals surface area contributed by atoms with Crippen molar-refractivity contribution in [1.82, 2.24) is 24.6 Å². The summed E-state index contributed by atoms with van der Waals surface area (Å²) in [4.78, 5) is 58.7. The number of aromatic hydroxyl groups is 1. The number of nitrogens with zero attached hydrogens (tertiary/aromatic N) is 4. The zero-order valence-electron chi connectivity index (χ0n) is 23.7. The van der Waals surface area contributed by atoms with Crippen LogP contribution in [0.5, 0.6) is 5.75 Å². The number of benzene rings is 1. The molecule has 4 heterocycles. The number of rotatable bonds is 7. The molecule has 2 amide bonds. The molecule has 1 aromatic carbocycles. The van der Waals surface area contributed by atoms with Crippen molar-refractivity contribution >= 4 is 17.8 Å². The highest BCUT2D eigenvalue weighted by Crippen LogP contribution is 2.42. The predicted octanol–water partition coefficient (Wildman–Crippen LogP) is 1.82. The molecular formula is C30H35F2N5O6. The molecule has 4 atom stereocenters. The number of carboxylic acid groups (broad SMARTS) is 1. The minimum Gasteiger partial charge on any atom is -0.503 e. The Bertz CT molecular complexity index is 1510. The smallest absolute Gasteiger partial charge is 0.308 e. The van der Waals surface area contributed by atoms with Crippen LogP contribution in [-0.4, -0.2) is 92.2 Å². The predicted molar refractivity (Wildman–Crippen MR) is 149 cm³/mol. The molecule has 3 aliphatic heterocycles. The number of hydrogen-bond donors (Lipinski definition) is 3. The normalized spacial score (nSPS) is 25.6. The van der Waals surface area contributed by atoms with Crippen LogP contribution in [0, 0.1) is 23.5 Å². The zero-order chi connectivity index (χ0) is 30.4. The lowest BCUT2D eigenvalue weighted by atomic mass is 9.73. The number of carboxylic acids is 1. The number of nitrogens with one attached hydrogen (secondary N) is 1. The lowest BCUT2D eigenvalue weighted by Gasteiger charge is -2.57. The number of halogens is 2. The minimum absolute atomic E-state index is 0.00808. The Morgan fingerprint density at radius 3 is 2.51 bits per heavy atom. The Morgan fingerprint density at radius 2 is 1.79 bits per heavy atom. The first-order valence-electron chi connectivity index (χ1n) is 14.8. The van der Waals surface area contributed by atoms with E-state index in [1.807, 2.05) is 0 Å². The van der Waals surface area contributed by atoms with E-state index < -0.39 is 64.3 Å². The highest BCUT2D eigenvalue weighted by Gasteiger charge is 2.53. The van der Waals surface area contributed by atoms with E-state index in [1.54, 1.807) is 4.90 Å². The van der Waals surface area contributed by atoms with E-state index >= 15 is 0 Å². The minimum atomic E-state index is -1.06. The number of carbonyl (C=O) groups excluding carboxylic acids is 2. The molecule has 0 spiro atoms. The van der Waals surface area contributed by atoms with Crippen molar-refractivity contribution in [3.05, 3.63) is 63.1 Å². The fourth-order valence-electron chi connectivity index (χ4n) is 7.36. The summed E-state index contributed by atoms with van der Waals surface area (Å²) in [5.74, 6) is -5.84. The molecule has 3 fully saturated rings. The summed E-state index contributed by atoms with van der Waals surface area (Å²) >= 11 is 0. The molecule has 3 N–H and O–H groups in total. The molecule has 1 aromatic heterocycles. The average molecular weight is 600 g/mol. The van der Waals surface area contributed by atoms with E-state index in [1.165, 1.54) is 16.8 Å². The van der Waals surface area contributed by atoms with E-state index in [4.69, 9.17) is 0 Å². The fraction of sp³-hybridized carbons (Fsp3) is 0.533. The monoisotopic (exact) mass is 599 g/mol. The van der Waals surface area contributed by atoms with Crippen LogP contribution in [0.15, 0.2) is 29.2 Å². The van der Waals surface area contributed by atoms with Gasteiger partial charge in [0.05, 0.1) is 18.5 Å². The van der Waals surface area contributed by atoms with Gasteiger partial charge in [-0.05, 0) is 50.8 Å². The van der Waals surface area contributed by atoms with Gasteiger partial charge in [-0.1, -0.05) is 12.5 Å². The first-order valence-corrected chi connectivity index (χ1v) is 14.8. The molecule has 11 nitrogen and oxygen atoms in total. The Balaban J connectivity index is 1.32. The van der Waals surface area contributed by atoms with Gasteiger partial charge in [0, 0.05) is 44.0 Å². The third-order valence-electron chi connectivity index (χ3n) is 9.49. The molecule has 0 radical (unpaired) electrons. The maximum Gasteiger partial charge on any atom is 0.308 e. The molecule has 2 saturated heterocycles. The first-order chi connectivity index (χ1) is 20.6. The van der Waals surface area contributed by atoms with Crippen LogP contribution < -0.4 is 10.7 Å². The Hall–Kier alpha value is -3.84. The zero-order valence-corrected chi connectivity index (χ0v) is 23.7. The van der Waals surface area contributed by atoms with Gasteiger partial charge in [0.1, 0.15) is 23.4 Å². The maximum atomic E-state index is 14.1. The van der Waals surface area contributed by atoms with Crippen LogP contribution in [0.1, 0.15) is 58.5 Å². The van der Waals surface area contributed by atoms with Crippen LogP contribution in [0.25, 0.3) is 0 Å². The quantitative estimate of drug-likeness (QED) is 0.439. The summed E-state index contributed by atoms with van der Waals surface area (Å²) in [6.07, 6.45) is 4.92. The largest absolute Gasteiger partial charge is 0.503 e. The highest BCUT2D eigenvalue weighted by molar-refractivity contribution is 5.99. The van der Waals surface area contributed by atoms with Gasteiger partial charge in [-0.2, -0.15) is 0 Å². The molecule has 2 aromatic rings. The van der Waals surface area contributed by atoms with E-state index in [0.29, 0.717) is 25.6 Å². The topological polar surface area (TPSA) is 135 Å². The molecule has 1 aliphatic carbocycles. The fourth-order valence-corrected chi connectivity index (χ4v) is 7.36. The van der Waals surface area contributed by atoms with Crippen molar-refractivity contribution in [2.75, 3.05) is 32.7 Å². The molecule has 1 unspecified atom stereocenters. The highest BCUT2D eigenvalue weighted by atomic mass is 19.1. The number of fused-ring (bicyclic) bond motifs is 4. The molecule has 43 heavy (non-hydrogen) atoms. The van der Waals surface area contributed by atoms with E-state index in [0.717, 1.165) is 51.4 Å². The SMILES string of the molecule is O=C(NCc1ccc(F)cc1F)c1cn2c(c(O)c1=O)C(=O)N1[C@@H]3C(C(=O)O)CCC[C@H]3CN(CCN3CCCC3)[C@@H]1C2. The van der Waals surface area contributed by atoms with Gasteiger partial charge in [-0.3, -0.25) is 24.1 Å². The number of aromatic nitrogens is 1. The van der Waals surface area contributed by atoms with E-state index in [9.17, 15) is 38.2 Å². The summed E-state index contributed by atoms with van der Waals surface area (Å²) in [6.45, 7) is 3.89. The third kappa shape index (κ3) is 5.40. The summed E-state index contributed by atoms with van der Waals surface area (Å²) in [6, 6.07) is 2.33. The lowest BCUT2D eigenvalue weighted by molar-refractivity contribution is -0.153. The summed E-state index contributed by atoms with van der Waals surface area (Å²) in [7, 11) is 0. The van der Waals surface area contributed by atoms with Crippen LogP contribution in [0.3, 0.4) is 0 Å². The lowest BCUT2D eigenvalue weighted by Crippen LogP contribution is -2.70. The van der Waals surface area contributed by atoms with Crippen molar-refractivity contribution in [2.45, 2.75) is 57.4 Å². The van der Waals surface area contributed by atoms with Crippen LogP contribution in [0.2, 0.25) is 0 Å². The Labute approximate surface area is 246 Å². The molecule has 0 bridgehead atoms. The van der Waals surface area contributed by atoms with Crippen LogP contribution >= 0.6 is 0 Å². The summed E-state index contributed by atoms with van der Waals surface area (Å²) < 4.78 is 28.7. The van der Waals surface area contributed by atoms with Crippen molar-refractivity contribution < 1.29 is 33.4 Å². The van der Waals surface area contributed by atoms with Gasteiger partial charge in [-0.25, -0.2) is 8.78 Å².